The highest BCUT2D eigenvalue weighted by atomic mass is 16.5. The zero-order valence-electron chi connectivity index (χ0n) is 7.01. The summed E-state index contributed by atoms with van der Waals surface area (Å²) in [7, 11) is 0. The van der Waals surface area contributed by atoms with E-state index < -0.39 is 12.2 Å². The van der Waals surface area contributed by atoms with E-state index in [4.69, 9.17) is 4.74 Å². The number of carbonyl (C=O) groups excluding carboxylic acids is 1. The number of benzene rings is 1. The highest BCUT2D eigenvalue weighted by molar-refractivity contribution is 5.42. The van der Waals surface area contributed by atoms with Gasteiger partial charge in [-0.15, -0.1) is 0 Å². The van der Waals surface area contributed by atoms with Gasteiger partial charge in [-0.05, 0) is 11.1 Å². The van der Waals surface area contributed by atoms with Gasteiger partial charge >= 0.3 is 0 Å². The SMILES string of the molecule is O=CO[C@@H]1c2ccccc2C[C@@H]1O. The molecule has 0 spiro atoms. The molecule has 1 aromatic rings. The van der Waals surface area contributed by atoms with E-state index in [1.165, 1.54) is 0 Å². The Morgan fingerprint density at radius 2 is 2.23 bits per heavy atom. The van der Waals surface area contributed by atoms with Crippen LogP contribution in [0.5, 0.6) is 0 Å². The number of rotatable bonds is 2. The molecule has 0 saturated heterocycles. The Bertz CT molecular complexity index is 322. The van der Waals surface area contributed by atoms with Gasteiger partial charge in [0.25, 0.3) is 6.47 Å². The fraction of sp³-hybridized carbons (Fsp3) is 0.300. The molecule has 0 unspecified atom stereocenters. The van der Waals surface area contributed by atoms with Crippen LogP contribution in [0.1, 0.15) is 17.2 Å². The van der Waals surface area contributed by atoms with Gasteiger partial charge in [-0.25, -0.2) is 0 Å². The van der Waals surface area contributed by atoms with Gasteiger partial charge in [0.2, 0.25) is 0 Å². The van der Waals surface area contributed by atoms with E-state index in [0.29, 0.717) is 12.9 Å². The van der Waals surface area contributed by atoms with Crippen LogP contribution in [-0.4, -0.2) is 17.7 Å². The third-order valence-corrected chi connectivity index (χ3v) is 2.34. The molecule has 0 saturated carbocycles. The highest BCUT2D eigenvalue weighted by Gasteiger charge is 2.31. The van der Waals surface area contributed by atoms with Crippen LogP contribution < -0.4 is 0 Å². The van der Waals surface area contributed by atoms with Crippen LogP contribution in [0, 0.1) is 0 Å². The van der Waals surface area contributed by atoms with Crippen LogP contribution in [0.4, 0.5) is 0 Å². The Morgan fingerprint density at radius 3 is 3.00 bits per heavy atom. The summed E-state index contributed by atoms with van der Waals surface area (Å²) in [6.45, 7) is 0.385. The van der Waals surface area contributed by atoms with Crippen molar-refractivity contribution >= 4 is 6.47 Å². The van der Waals surface area contributed by atoms with Gasteiger partial charge in [0, 0.05) is 6.42 Å². The van der Waals surface area contributed by atoms with Crippen molar-refractivity contribution in [3.05, 3.63) is 35.4 Å². The number of aliphatic hydroxyl groups is 1. The van der Waals surface area contributed by atoms with E-state index in [-0.39, 0.29) is 0 Å². The molecule has 13 heavy (non-hydrogen) atoms. The Kier molecular flexibility index (Phi) is 2.02. The van der Waals surface area contributed by atoms with Crippen LogP contribution in [0.2, 0.25) is 0 Å². The number of ether oxygens (including phenoxy) is 1. The lowest BCUT2D eigenvalue weighted by atomic mass is 10.1. The summed E-state index contributed by atoms with van der Waals surface area (Å²) in [6, 6.07) is 7.60. The molecule has 2 rings (SSSR count). The smallest absolute Gasteiger partial charge is 0.293 e. The van der Waals surface area contributed by atoms with E-state index in [9.17, 15) is 9.90 Å². The van der Waals surface area contributed by atoms with E-state index in [2.05, 4.69) is 0 Å². The maximum atomic E-state index is 10.2. The number of carbonyl (C=O) groups is 1. The second-order valence-electron chi connectivity index (χ2n) is 3.12. The van der Waals surface area contributed by atoms with Gasteiger partial charge < -0.3 is 9.84 Å². The third kappa shape index (κ3) is 1.31. The monoisotopic (exact) mass is 178 g/mol. The van der Waals surface area contributed by atoms with Gasteiger partial charge in [-0.2, -0.15) is 0 Å². The summed E-state index contributed by atoms with van der Waals surface area (Å²) in [5, 5.41) is 9.56. The minimum absolute atomic E-state index is 0.385. The Balaban J connectivity index is 2.34. The summed E-state index contributed by atoms with van der Waals surface area (Å²) in [4.78, 5) is 10.2. The van der Waals surface area contributed by atoms with Crippen molar-refractivity contribution in [3.63, 3.8) is 0 Å². The van der Waals surface area contributed by atoms with E-state index in [1.54, 1.807) is 0 Å². The van der Waals surface area contributed by atoms with Crippen molar-refractivity contribution in [3.8, 4) is 0 Å². The van der Waals surface area contributed by atoms with Crippen molar-refractivity contribution < 1.29 is 14.6 Å². The summed E-state index contributed by atoms with van der Waals surface area (Å²) in [5.41, 5.74) is 1.98. The summed E-state index contributed by atoms with van der Waals surface area (Å²) >= 11 is 0. The lowest BCUT2D eigenvalue weighted by Crippen LogP contribution is -2.15. The molecular weight excluding hydrogens is 168 g/mol. The molecule has 3 heteroatoms. The maximum Gasteiger partial charge on any atom is 0.293 e. The molecule has 1 aromatic carbocycles. The first-order chi connectivity index (χ1) is 6.33. The number of fused-ring (bicyclic) bond motifs is 1. The normalized spacial score (nSPS) is 25.3. The van der Waals surface area contributed by atoms with E-state index >= 15 is 0 Å². The molecule has 0 bridgehead atoms. The molecule has 0 aromatic heterocycles. The van der Waals surface area contributed by atoms with Crippen molar-refractivity contribution in [1.29, 1.82) is 0 Å². The standard InChI is InChI=1S/C10H10O3/c11-6-13-10-8-4-2-1-3-7(8)5-9(10)12/h1-4,6,9-10,12H,5H2/t9-,10+/m0/s1. The summed E-state index contributed by atoms with van der Waals surface area (Å²) in [6.07, 6.45) is -0.509. The zero-order valence-corrected chi connectivity index (χ0v) is 7.01. The zero-order chi connectivity index (χ0) is 9.26. The average molecular weight is 178 g/mol. The Labute approximate surface area is 76.0 Å². The number of hydrogen-bond acceptors (Lipinski definition) is 3. The highest BCUT2D eigenvalue weighted by Crippen LogP contribution is 2.33. The predicted molar refractivity (Wildman–Crippen MR) is 46.0 cm³/mol. The molecule has 0 fully saturated rings. The summed E-state index contributed by atoms with van der Waals surface area (Å²) < 4.78 is 4.81. The molecule has 0 radical (unpaired) electrons. The number of hydrogen-bond donors (Lipinski definition) is 1. The molecule has 3 nitrogen and oxygen atoms in total. The van der Waals surface area contributed by atoms with Gasteiger partial charge in [0.05, 0.1) is 6.10 Å². The fourth-order valence-electron chi connectivity index (χ4n) is 1.76. The largest absolute Gasteiger partial charge is 0.457 e. The summed E-state index contributed by atoms with van der Waals surface area (Å²) in [5.74, 6) is 0. The molecule has 1 aliphatic carbocycles. The first kappa shape index (κ1) is 8.26. The quantitative estimate of drug-likeness (QED) is 0.682. The topological polar surface area (TPSA) is 46.5 Å². The Morgan fingerprint density at radius 1 is 1.46 bits per heavy atom. The molecule has 0 amide bonds. The second-order valence-corrected chi connectivity index (χ2v) is 3.12. The Hall–Kier alpha value is -1.35. The molecule has 0 aliphatic heterocycles. The second kappa shape index (κ2) is 3.18. The lowest BCUT2D eigenvalue weighted by molar-refractivity contribution is -0.138. The van der Waals surface area contributed by atoms with E-state index in [1.807, 2.05) is 24.3 Å². The van der Waals surface area contributed by atoms with Gasteiger partial charge in [0.1, 0.15) is 0 Å². The van der Waals surface area contributed by atoms with Crippen molar-refractivity contribution in [1.82, 2.24) is 0 Å². The molecule has 2 atom stereocenters. The van der Waals surface area contributed by atoms with Crippen molar-refractivity contribution in [2.75, 3.05) is 0 Å². The van der Waals surface area contributed by atoms with Gasteiger partial charge in [0.15, 0.2) is 6.10 Å². The van der Waals surface area contributed by atoms with Crippen LogP contribution in [0.3, 0.4) is 0 Å². The van der Waals surface area contributed by atoms with Crippen LogP contribution in [0.25, 0.3) is 0 Å². The minimum Gasteiger partial charge on any atom is -0.457 e. The minimum atomic E-state index is -0.595. The van der Waals surface area contributed by atoms with Gasteiger partial charge in [-0.1, -0.05) is 24.3 Å². The van der Waals surface area contributed by atoms with Gasteiger partial charge in [-0.3, -0.25) is 4.79 Å². The average Bonchev–Trinajstić information content (AvgIpc) is 2.44. The van der Waals surface area contributed by atoms with Crippen LogP contribution >= 0.6 is 0 Å². The molecule has 68 valence electrons. The molecule has 1 aliphatic rings. The van der Waals surface area contributed by atoms with Crippen molar-refractivity contribution in [2.45, 2.75) is 18.6 Å². The van der Waals surface area contributed by atoms with Crippen LogP contribution in [0.15, 0.2) is 24.3 Å². The first-order valence-corrected chi connectivity index (χ1v) is 4.18. The predicted octanol–water partition coefficient (Wildman–Crippen LogP) is 0.818. The van der Waals surface area contributed by atoms with Crippen molar-refractivity contribution in [2.24, 2.45) is 0 Å². The van der Waals surface area contributed by atoms with E-state index in [0.717, 1.165) is 11.1 Å². The molecule has 1 N–H and O–H groups in total. The lowest BCUT2D eigenvalue weighted by Gasteiger charge is -2.12. The molecular formula is C10H10O3. The number of aliphatic hydroxyl groups excluding tert-OH is 1. The third-order valence-electron chi connectivity index (χ3n) is 2.34. The fourth-order valence-corrected chi connectivity index (χ4v) is 1.76. The molecule has 0 heterocycles. The van der Waals surface area contributed by atoms with Crippen LogP contribution in [-0.2, 0) is 16.0 Å². The first-order valence-electron chi connectivity index (χ1n) is 4.18. The maximum absolute atomic E-state index is 10.2.